The lowest BCUT2D eigenvalue weighted by molar-refractivity contribution is -0.140. The van der Waals surface area contributed by atoms with E-state index in [-0.39, 0.29) is 18.4 Å². The second-order valence-corrected chi connectivity index (χ2v) is 6.17. The van der Waals surface area contributed by atoms with Gasteiger partial charge in [-0.3, -0.25) is 9.59 Å². The average molecular weight is 293 g/mol. The molecule has 1 aliphatic rings. The number of benzene rings is 1. The Morgan fingerprint density at radius 2 is 2.15 bits per heavy atom. The Hall–Kier alpha value is -1.49. The zero-order valence-corrected chi connectivity index (χ0v) is 12.4. The van der Waals surface area contributed by atoms with Gasteiger partial charge in [0.2, 0.25) is 5.91 Å². The van der Waals surface area contributed by atoms with Crippen LogP contribution in [0.4, 0.5) is 0 Å². The number of carbonyl (C=O) groups excluding carboxylic acids is 1. The summed E-state index contributed by atoms with van der Waals surface area (Å²) in [5, 5.41) is 8.95. The van der Waals surface area contributed by atoms with E-state index in [2.05, 4.69) is 0 Å². The molecule has 20 heavy (non-hydrogen) atoms. The summed E-state index contributed by atoms with van der Waals surface area (Å²) in [6.45, 7) is 2.64. The lowest BCUT2D eigenvalue weighted by Crippen LogP contribution is -2.47. The molecule has 0 spiro atoms. The van der Waals surface area contributed by atoms with Gasteiger partial charge in [0.1, 0.15) is 0 Å². The van der Waals surface area contributed by atoms with Gasteiger partial charge in [-0.15, -0.1) is 0 Å². The summed E-state index contributed by atoms with van der Waals surface area (Å²) in [6.07, 6.45) is 0.389. The predicted octanol–water partition coefficient (Wildman–Crippen LogP) is 1.96. The highest BCUT2D eigenvalue weighted by Crippen LogP contribution is 2.20. The van der Waals surface area contributed by atoms with Crippen molar-refractivity contribution in [1.29, 1.82) is 0 Å². The Morgan fingerprint density at radius 1 is 1.40 bits per heavy atom. The highest BCUT2D eigenvalue weighted by Gasteiger charge is 2.28. The van der Waals surface area contributed by atoms with Crippen molar-refractivity contribution in [2.45, 2.75) is 25.8 Å². The van der Waals surface area contributed by atoms with Crippen LogP contribution >= 0.6 is 11.8 Å². The van der Waals surface area contributed by atoms with E-state index in [9.17, 15) is 9.59 Å². The summed E-state index contributed by atoms with van der Waals surface area (Å²) in [7, 11) is 0. The molecule has 1 amide bonds. The quantitative estimate of drug-likeness (QED) is 0.922. The minimum atomic E-state index is -0.841. The third kappa shape index (κ3) is 3.76. The monoisotopic (exact) mass is 293 g/mol. The molecule has 1 N–H and O–H groups in total. The molecule has 1 atom stereocenters. The second kappa shape index (κ2) is 6.79. The molecule has 1 aromatic rings. The summed E-state index contributed by atoms with van der Waals surface area (Å²) >= 11 is 1.72. The van der Waals surface area contributed by atoms with Crippen molar-refractivity contribution < 1.29 is 14.7 Å². The van der Waals surface area contributed by atoms with Gasteiger partial charge in [0.15, 0.2) is 0 Å². The number of thioether (sulfide) groups is 1. The highest BCUT2D eigenvalue weighted by molar-refractivity contribution is 7.99. The van der Waals surface area contributed by atoms with Crippen molar-refractivity contribution in [3.63, 3.8) is 0 Å². The summed E-state index contributed by atoms with van der Waals surface area (Å²) in [5.74, 6) is 0.790. The van der Waals surface area contributed by atoms with Crippen molar-refractivity contribution in [1.82, 2.24) is 4.90 Å². The van der Waals surface area contributed by atoms with E-state index >= 15 is 0 Å². The molecule has 0 aliphatic carbocycles. The molecule has 1 saturated heterocycles. The van der Waals surface area contributed by atoms with E-state index < -0.39 is 5.97 Å². The van der Waals surface area contributed by atoms with E-state index in [1.807, 2.05) is 31.2 Å². The smallest absolute Gasteiger partial charge is 0.305 e. The SMILES string of the molecule is Cc1ccccc1CC(=O)N1CCSCC1CC(=O)O. The Morgan fingerprint density at radius 3 is 2.85 bits per heavy atom. The predicted molar refractivity (Wildman–Crippen MR) is 80.0 cm³/mol. The molecule has 1 aromatic carbocycles. The summed E-state index contributed by atoms with van der Waals surface area (Å²) in [5.41, 5.74) is 2.12. The molecule has 1 fully saturated rings. The van der Waals surface area contributed by atoms with Crippen LogP contribution in [0, 0.1) is 6.92 Å². The number of aryl methyl sites for hydroxylation is 1. The van der Waals surface area contributed by atoms with Crippen LogP contribution in [0.5, 0.6) is 0 Å². The molecule has 4 nitrogen and oxygen atoms in total. The molecular formula is C15H19NO3S. The second-order valence-electron chi connectivity index (χ2n) is 5.02. The van der Waals surface area contributed by atoms with Gasteiger partial charge in [0.25, 0.3) is 0 Å². The van der Waals surface area contributed by atoms with Crippen LogP contribution < -0.4 is 0 Å². The maximum Gasteiger partial charge on any atom is 0.305 e. The number of hydrogen-bond acceptors (Lipinski definition) is 3. The minimum Gasteiger partial charge on any atom is -0.481 e. The number of rotatable bonds is 4. The molecule has 2 rings (SSSR count). The first kappa shape index (κ1) is 14.9. The number of carboxylic acid groups (broad SMARTS) is 1. The fourth-order valence-corrected chi connectivity index (χ4v) is 3.49. The van der Waals surface area contributed by atoms with Crippen LogP contribution in [0.2, 0.25) is 0 Å². The number of carboxylic acids is 1. The number of nitrogens with zero attached hydrogens (tertiary/aromatic N) is 1. The fraction of sp³-hybridized carbons (Fsp3) is 0.467. The topological polar surface area (TPSA) is 57.6 Å². The Bertz CT molecular complexity index is 504. The standard InChI is InChI=1S/C15H19NO3S/c1-11-4-2-3-5-12(11)8-14(17)16-6-7-20-10-13(16)9-15(18)19/h2-5,13H,6-10H2,1H3,(H,18,19). The third-order valence-electron chi connectivity index (χ3n) is 3.56. The van der Waals surface area contributed by atoms with Crippen LogP contribution in [0.3, 0.4) is 0 Å². The van der Waals surface area contributed by atoms with Gasteiger partial charge in [-0.1, -0.05) is 24.3 Å². The van der Waals surface area contributed by atoms with Gasteiger partial charge in [-0.2, -0.15) is 11.8 Å². The van der Waals surface area contributed by atoms with Gasteiger partial charge in [0.05, 0.1) is 18.9 Å². The first-order valence-corrected chi connectivity index (χ1v) is 7.87. The van der Waals surface area contributed by atoms with E-state index in [4.69, 9.17) is 5.11 Å². The van der Waals surface area contributed by atoms with Crippen LogP contribution in [-0.4, -0.2) is 46.0 Å². The van der Waals surface area contributed by atoms with Crippen molar-refractivity contribution in [3.8, 4) is 0 Å². The van der Waals surface area contributed by atoms with Crippen molar-refractivity contribution in [2.75, 3.05) is 18.1 Å². The maximum atomic E-state index is 12.4. The zero-order valence-electron chi connectivity index (χ0n) is 11.5. The zero-order chi connectivity index (χ0) is 14.5. The van der Waals surface area contributed by atoms with Crippen LogP contribution in [0.25, 0.3) is 0 Å². The van der Waals surface area contributed by atoms with Gasteiger partial charge < -0.3 is 10.0 Å². The third-order valence-corrected chi connectivity index (χ3v) is 4.65. The fourth-order valence-electron chi connectivity index (χ4n) is 2.43. The van der Waals surface area contributed by atoms with E-state index in [0.29, 0.717) is 18.7 Å². The Kier molecular flexibility index (Phi) is 5.06. The molecule has 1 aliphatic heterocycles. The van der Waals surface area contributed by atoms with Crippen LogP contribution in [0.15, 0.2) is 24.3 Å². The van der Waals surface area contributed by atoms with Crippen molar-refractivity contribution in [3.05, 3.63) is 35.4 Å². The number of aliphatic carboxylic acids is 1. The van der Waals surface area contributed by atoms with E-state index in [1.165, 1.54) is 0 Å². The van der Waals surface area contributed by atoms with Gasteiger partial charge >= 0.3 is 5.97 Å². The van der Waals surface area contributed by atoms with Gasteiger partial charge in [0, 0.05) is 18.1 Å². The largest absolute Gasteiger partial charge is 0.481 e. The van der Waals surface area contributed by atoms with Crippen molar-refractivity contribution in [2.24, 2.45) is 0 Å². The Balaban J connectivity index is 2.06. The molecule has 108 valence electrons. The molecule has 0 bridgehead atoms. The summed E-state index contributed by atoms with van der Waals surface area (Å²) < 4.78 is 0. The number of hydrogen-bond donors (Lipinski definition) is 1. The maximum absolute atomic E-state index is 12.4. The lowest BCUT2D eigenvalue weighted by Gasteiger charge is -2.34. The normalized spacial score (nSPS) is 18.9. The molecule has 1 heterocycles. The first-order chi connectivity index (χ1) is 9.58. The molecule has 0 radical (unpaired) electrons. The van der Waals surface area contributed by atoms with Crippen LogP contribution in [0.1, 0.15) is 17.5 Å². The van der Waals surface area contributed by atoms with Gasteiger partial charge in [-0.05, 0) is 18.1 Å². The van der Waals surface area contributed by atoms with E-state index in [1.54, 1.807) is 16.7 Å². The average Bonchev–Trinajstić information content (AvgIpc) is 2.41. The first-order valence-electron chi connectivity index (χ1n) is 6.71. The molecular weight excluding hydrogens is 274 g/mol. The van der Waals surface area contributed by atoms with Crippen LogP contribution in [-0.2, 0) is 16.0 Å². The van der Waals surface area contributed by atoms with Crippen molar-refractivity contribution >= 4 is 23.6 Å². The Labute approximate surface area is 123 Å². The number of carbonyl (C=O) groups is 2. The summed E-state index contributed by atoms with van der Waals surface area (Å²) in [4.78, 5) is 25.1. The number of amides is 1. The lowest BCUT2D eigenvalue weighted by atomic mass is 10.0. The molecule has 0 saturated carbocycles. The summed E-state index contributed by atoms with van der Waals surface area (Å²) in [6, 6.07) is 7.65. The minimum absolute atomic E-state index is 0.0332. The van der Waals surface area contributed by atoms with Gasteiger partial charge in [-0.25, -0.2) is 0 Å². The molecule has 1 unspecified atom stereocenters. The van der Waals surface area contributed by atoms with E-state index in [0.717, 1.165) is 16.9 Å². The highest BCUT2D eigenvalue weighted by atomic mass is 32.2. The molecule has 0 aromatic heterocycles. The molecule has 5 heteroatoms.